The van der Waals surface area contributed by atoms with Crippen molar-refractivity contribution < 1.29 is 4.79 Å². The number of carbonyl (C=O) groups is 1. The van der Waals surface area contributed by atoms with Crippen LogP contribution in [-0.2, 0) is 16.8 Å². The number of piperidine rings is 1. The number of nitrogens with one attached hydrogen (secondary N) is 1. The fourth-order valence-electron chi connectivity index (χ4n) is 2.79. The van der Waals surface area contributed by atoms with Crippen molar-refractivity contribution in [3.8, 4) is 0 Å². The molecule has 0 radical (unpaired) electrons. The van der Waals surface area contributed by atoms with Crippen LogP contribution in [0.4, 0.5) is 0 Å². The number of rotatable bonds is 3. The zero-order valence-corrected chi connectivity index (χ0v) is 13.8. The Morgan fingerprint density at radius 3 is 2.43 bits per heavy atom. The molecule has 1 saturated heterocycles. The molecule has 0 aliphatic carbocycles. The first-order valence-electron chi connectivity index (χ1n) is 7.96. The second-order valence-electron chi connectivity index (χ2n) is 7.14. The molecular formula is C18H28N2O. The molecule has 0 saturated carbocycles. The van der Waals surface area contributed by atoms with E-state index in [1.807, 2.05) is 11.9 Å². The van der Waals surface area contributed by atoms with Crippen molar-refractivity contribution in [1.29, 1.82) is 0 Å². The van der Waals surface area contributed by atoms with Crippen molar-refractivity contribution in [2.45, 2.75) is 58.0 Å². The highest BCUT2D eigenvalue weighted by Crippen LogP contribution is 2.22. The zero-order chi connectivity index (χ0) is 15.5. The van der Waals surface area contributed by atoms with Crippen molar-refractivity contribution in [3.05, 3.63) is 35.4 Å². The van der Waals surface area contributed by atoms with Crippen LogP contribution < -0.4 is 5.32 Å². The molecule has 1 fully saturated rings. The summed E-state index contributed by atoms with van der Waals surface area (Å²) in [5.41, 5.74) is 2.69. The summed E-state index contributed by atoms with van der Waals surface area (Å²) in [7, 11) is 1.90. The molecule has 1 aromatic carbocycles. The summed E-state index contributed by atoms with van der Waals surface area (Å²) in [5, 5.41) is 3.32. The number of hydrogen-bond donors (Lipinski definition) is 1. The van der Waals surface area contributed by atoms with Gasteiger partial charge >= 0.3 is 0 Å². The van der Waals surface area contributed by atoms with Crippen molar-refractivity contribution in [2.24, 2.45) is 0 Å². The van der Waals surface area contributed by atoms with Gasteiger partial charge in [-0.1, -0.05) is 51.5 Å². The maximum absolute atomic E-state index is 12.4. The van der Waals surface area contributed by atoms with E-state index in [0.717, 1.165) is 19.4 Å². The minimum atomic E-state index is 0.0117. The van der Waals surface area contributed by atoms with Gasteiger partial charge in [-0.25, -0.2) is 0 Å². The monoisotopic (exact) mass is 288 g/mol. The minimum absolute atomic E-state index is 0.0117. The maximum atomic E-state index is 12.4. The van der Waals surface area contributed by atoms with Gasteiger partial charge < -0.3 is 10.2 Å². The summed E-state index contributed by atoms with van der Waals surface area (Å²) in [6.45, 7) is 8.29. The highest BCUT2D eigenvalue weighted by atomic mass is 16.2. The second kappa shape index (κ2) is 6.61. The van der Waals surface area contributed by atoms with Crippen LogP contribution >= 0.6 is 0 Å². The number of amides is 1. The van der Waals surface area contributed by atoms with Gasteiger partial charge in [0.15, 0.2) is 0 Å². The predicted molar refractivity (Wildman–Crippen MR) is 87.3 cm³/mol. The molecule has 2 rings (SSSR count). The molecule has 1 amide bonds. The molecule has 21 heavy (non-hydrogen) atoms. The Morgan fingerprint density at radius 2 is 1.90 bits per heavy atom. The van der Waals surface area contributed by atoms with Crippen molar-refractivity contribution in [2.75, 3.05) is 13.6 Å². The topological polar surface area (TPSA) is 32.3 Å². The highest BCUT2D eigenvalue weighted by molar-refractivity contribution is 5.81. The van der Waals surface area contributed by atoms with E-state index < -0.39 is 0 Å². The molecule has 0 unspecified atom stereocenters. The van der Waals surface area contributed by atoms with Crippen LogP contribution in [0.5, 0.6) is 0 Å². The maximum Gasteiger partial charge on any atom is 0.239 e. The molecule has 0 bridgehead atoms. The van der Waals surface area contributed by atoms with Gasteiger partial charge in [0.05, 0.1) is 6.04 Å². The molecule has 3 heteroatoms. The van der Waals surface area contributed by atoms with Gasteiger partial charge in [0, 0.05) is 13.6 Å². The summed E-state index contributed by atoms with van der Waals surface area (Å²) in [4.78, 5) is 14.2. The molecule has 1 heterocycles. The van der Waals surface area contributed by atoms with Crippen molar-refractivity contribution in [3.63, 3.8) is 0 Å². The fourth-order valence-corrected chi connectivity index (χ4v) is 2.79. The summed E-state index contributed by atoms with van der Waals surface area (Å²) >= 11 is 0. The number of benzene rings is 1. The largest absolute Gasteiger partial charge is 0.340 e. The molecule has 1 atom stereocenters. The van der Waals surface area contributed by atoms with Gasteiger partial charge in [-0.15, -0.1) is 0 Å². The van der Waals surface area contributed by atoms with Crippen LogP contribution in [-0.4, -0.2) is 30.4 Å². The Hall–Kier alpha value is -1.35. The number of carbonyl (C=O) groups excluding carboxylic acids is 1. The van der Waals surface area contributed by atoms with E-state index in [4.69, 9.17) is 0 Å². The number of hydrogen-bond acceptors (Lipinski definition) is 2. The van der Waals surface area contributed by atoms with Crippen LogP contribution in [0.1, 0.15) is 51.2 Å². The third-order valence-corrected chi connectivity index (χ3v) is 4.22. The SMILES string of the molecule is CN(Cc1ccc(C(C)(C)C)cc1)C(=O)[C@@H]1CCCCN1. The Labute approximate surface area is 128 Å². The van der Waals surface area contributed by atoms with E-state index in [9.17, 15) is 4.79 Å². The van der Waals surface area contributed by atoms with Gasteiger partial charge in [-0.3, -0.25) is 4.79 Å². The normalized spacial score (nSPS) is 19.3. The lowest BCUT2D eigenvalue weighted by atomic mass is 9.87. The van der Waals surface area contributed by atoms with E-state index in [1.54, 1.807) is 0 Å². The molecule has 0 aromatic heterocycles. The van der Waals surface area contributed by atoms with Gasteiger partial charge in [-0.2, -0.15) is 0 Å². The second-order valence-corrected chi connectivity index (χ2v) is 7.14. The van der Waals surface area contributed by atoms with Gasteiger partial charge in [-0.05, 0) is 35.9 Å². The molecule has 1 aliphatic heterocycles. The summed E-state index contributed by atoms with van der Waals surface area (Å²) in [6.07, 6.45) is 3.30. The van der Waals surface area contributed by atoms with Crippen LogP contribution in [0.25, 0.3) is 0 Å². The number of likely N-dealkylation sites (N-methyl/N-ethyl adjacent to an activating group) is 1. The van der Waals surface area contributed by atoms with E-state index in [1.165, 1.54) is 17.5 Å². The van der Waals surface area contributed by atoms with Crippen LogP contribution in [0.3, 0.4) is 0 Å². The Balaban J connectivity index is 1.95. The van der Waals surface area contributed by atoms with E-state index in [0.29, 0.717) is 6.54 Å². The summed E-state index contributed by atoms with van der Waals surface area (Å²) in [6, 6.07) is 8.63. The first-order valence-corrected chi connectivity index (χ1v) is 7.96. The Morgan fingerprint density at radius 1 is 1.24 bits per heavy atom. The van der Waals surface area contributed by atoms with Crippen LogP contribution in [0.15, 0.2) is 24.3 Å². The standard InChI is InChI=1S/C18H28N2O/c1-18(2,3)15-10-8-14(9-11-15)13-20(4)17(21)16-7-5-6-12-19-16/h8-11,16,19H,5-7,12-13H2,1-4H3/t16-/m0/s1. The third-order valence-electron chi connectivity index (χ3n) is 4.22. The Kier molecular flexibility index (Phi) is 5.04. The lowest BCUT2D eigenvalue weighted by molar-refractivity contribution is -0.133. The zero-order valence-electron chi connectivity index (χ0n) is 13.8. The molecule has 0 spiro atoms. The lowest BCUT2D eigenvalue weighted by Gasteiger charge is -2.27. The van der Waals surface area contributed by atoms with E-state index in [-0.39, 0.29) is 17.4 Å². The molecule has 1 aromatic rings. The molecule has 1 aliphatic rings. The van der Waals surface area contributed by atoms with Gasteiger partial charge in [0.25, 0.3) is 0 Å². The fraction of sp³-hybridized carbons (Fsp3) is 0.611. The van der Waals surface area contributed by atoms with E-state index in [2.05, 4.69) is 50.4 Å². The van der Waals surface area contributed by atoms with Crippen molar-refractivity contribution >= 4 is 5.91 Å². The average molecular weight is 288 g/mol. The van der Waals surface area contributed by atoms with Crippen LogP contribution in [0.2, 0.25) is 0 Å². The highest BCUT2D eigenvalue weighted by Gasteiger charge is 2.23. The van der Waals surface area contributed by atoms with Gasteiger partial charge in [0.1, 0.15) is 0 Å². The lowest BCUT2D eigenvalue weighted by Crippen LogP contribution is -2.46. The molecule has 3 nitrogen and oxygen atoms in total. The first-order chi connectivity index (χ1) is 9.88. The third kappa shape index (κ3) is 4.31. The van der Waals surface area contributed by atoms with Crippen molar-refractivity contribution in [1.82, 2.24) is 10.2 Å². The minimum Gasteiger partial charge on any atom is -0.340 e. The van der Waals surface area contributed by atoms with Gasteiger partial charge in [0.2, 0.25) is 5.91 Å². The first kappa shape index (κ1) is 16.0. The quantitative estimate of drug-likeness (QED) is 0.927. The van der Waals surface area contributed by atoms with E-state index >= 15 is 0 Å². The molecule has 116 valence electrons. The average Bonchev–Trinajstić information content (AvgIpc) is 2.47. The summed E-state index contributed by atoms with van der Waals surface area (Å²) in [5.74, 6) is 0.217. The molecular weight excluding hydrogens is 260 g/mol. The Bertz CT molecular complexity index is 467. The summed E-state index contributed by atoms with van der Waals surface area (Å²) < 4.78 is 0. The predicted octanol–water partition coefficient (Wildman–Crippen LogP) is 3.08. The molecule has 1 N–H and O–H groups in total. The smallest absolute Gasteiger partial charge is 0.239 e. The van der Waals surface area contributed by atoms with Crippen LogP contribution in [0, 0.1) is 0 Å². The number of nitrogens with zero attached hydrogens (tertiary/aromatic N) is 1.